The number of hydrogen-bond donors (Lipinski definition) is 1. The van der Waals surface area contributed by atoms with Gasteiger partial charge in [-0.15, -0.1) is 0 Å². The molecule has 0 saturated heterocycles. The SMILES string of the molecule is C[C@H](C(=O)NC(C)(C)C)N(Cc1cccc(Br)c1)C(=O)CN(c1ccc(C(C)(C)C)cc1)S(C)(=O)=O. The highest BCUT2D eigenvalue weighted by molar-refractivity contribution is 9.10. The molecule has 0 saturated carbocycles. The van der Waals surface area contributed by atoms with Crippen molar-refractivity contribution in [3.05, 3.63) is 64.1 Å². The molecule has 0 heterocycles. The molecular formula is C27H38BrN3O4S. The van der Waals surface area contributed by atoms with Crippen LogP contribution in [0.1, 0.15) is 59.6 Å². The van der Waals surface area contributed by atoms with Gasteiger partial charge in [0, 0.05) is 16.6 Å². The fourth-order valence-electron chi connectivity index (χ4n) is 3.63. The van der Waals surface area contributed by atoms with Crippen LogP contribution in [-0.4, -0.2) is 49.5 Å². The van der Waals surface area contributed by atoms with Gasteiger partial charge in [-0.3, -0.25) is 13.9 Å². The second-order valence-electron chi connectivity index (χ2n) is 11.1. The molecule has 198 valence electrons. The van der Waals surface area contributed by atoms with E-state index in [2.05, 4.69) is 42.0 Å². The maximum Gasteiger partial charge on any atom is 0.244 e. The van der Waals surface area contributed by atoms with E-state index in [-0.39, 0.29) is 17.9 Å². The van der Waals surface area contributed by atoms with E-state index in [1.54, 1.807) is 19.1 Å². The minimum Gasteiger partial charge on any atom is -0.350 e. The molecule has 0 aliphatic rings. The Bertz CT molecular complexity index is 1180. The highest BCUT2D eigenvalue weighted by Gasteiger charge is 2.31. The van der Waals surface area contributed by atoms with Gasteiger partial charge in [-0.05, 0) is 68.5 Å². The second kappa shape index (κ2) is 11.3. The molecule has 7 nitrogen and oxygen atoms in total. The number of hydrogen-bond acceptors (Lipinski definition) is 4. The van der Waals surface area contributed by atoms with Crippen molar-refractivity contribution in [2.45, 2.75) is 72.0 Å². The lowest BCUT2D eigenvalue weighted by atomic mass is 9.87. The van der Waals surface area contributed by atoms with Crippen LogP contribution >= 0.6 is 15.9 Å². The summed E-state index contributed by atoms with van der Waals surface area (Å²) in [7, 11) is -3.77. The number of halogens is 1. The van der Waals surface area contributed by atoms with Crippen molar-refractivity contribution >= 4 is 43.5 Å². The van der Waals surface area contributed by atoms with Crippen LogP contribution in [0.15, 0.2) is 53.0 Å². The molecular weight excluding hydrogens is 542 g/mol. The molecule has 2 aromatic rings. The molecule has 0 radical (unpaired) electrons. The largest absolute Gasteiger partial charge is 0.350 e. The summed E-state index contributed by atoms with van der Waals surface area (Å²) in [5.74, 6) is -0.789. The Balaban J connectivity index is 2.42. The van der Waals surface area contributed by atoms with Crippen LogP contribution in [0.3, 0.4) is 0 Å². The Morgan fingerprint density at radius 1 is 1.00 bits per heavy atom. The van der Waals surface area contributed by atoms with Crippen LogP contribution in [0.25, 0.3) is 0 Å². The molecule has 1 atom stereocenters. The maximum absolute atomic E-state index is 13.6. The average Bonchev–Trinajstić information content (AvgIpc) is 2.72. The third kappa shape index (κ3) is 8.62. The molecule has 2 aromatic carbocycles. The Morgan fingerprint density at radius 2 is 1.58 bits per heavy atom. The first kappa shape index (κ1) is 29.8. The normalized spacial score (nSPS) is 13.1. The van der Waals surface area contributed by atoms with Gasteiger partial charge < -0.3 is 10.2 Å². The lowest BCUT2D eigenvalue weighted by molar-refractivity contribution is -0.140. The van der Waals surface area contributed by atoms with Crippen molar-refractivity contribution in [2.24, 2.45) is 0 Å². The summed E-state index contributed by atoms with van der Waals surface area (Å²) in [6.45, 7) is 13.2. The molecule has 0 unspecified atom stereocenters. The highest BCUT2D eigenvalue weighted by Crippen LogP contribution is 2.26. The van der Waals surface area contributed by atoms with Crippen LogP contribution in [0, 0.1) is 0 Å². The highest BCUT2D eigenvalue weighted by atomic mass is 79.9. The van der Waals surface area contributed by atoms with E-state index in [1.807, 2.05) is 57.2 Å². The smallest absolute Gasteiger partial charge is 0.244 e. The van der Waals surface area contributed by atoms with E-state index in [0.29, 0.717) is 5.69 Å². The molecule has 0 spiro atoms. The van der Waals surface area contributed by atoms with Crippen LogP contribution in [0.2, 0.25) is 0 Å². The third-order valence-corrected chi connectivity index (χ3v) is 7.24. The van der Waals surface area contributed by atoms with Crippen LogP contribution < -0.4 is 9.62 Å². The maximum atomic E-state index is 13.6. The van der Waals surface area contributed by atoms with E-state index in [1.165, 1.54) is 4.90 Å². The molecule has 9 heteroatoms. The predicted octanol–water partition coefficient (Wildman–Crippen LogP) is 4.84. The number of nitrogens with zero attached hydrogens (tertiary/aromatic N) is 2. The Kier molecular flexibility index (Phi) is 9.40. The molecule has 2 rings (SSSR count). The summed E-state index contributed by atoms with van der Waals surface area (Å²) in [5, 5.41) is 2.91. The van der Waals surface area contributed by atoms with Gasteiger partial charge in [0.1, 0.15) is 12.6 Å². The first-order valence-corrected chi connectivity index (χ1v) is 14.5. The van der Waals surface area contributed by atoms with E-state index >= 15 is 0 Å². The molecule has 0 aliphatic heterocycles. The third-order valence-electron chi connectivity index (χ3n) is 5.61. The summed E-state index contributed by atoms with van der Waals surface area (Å²) in [5.41, 5.74) is 1.68. The summed E-state index contributed by atoms with van der Waals surface area (Å²) in [6, 6.07) is 13.8. The Labute approximate surface area is 224 Å². The van der Waals surface area contributed by atoms with Gasteiger partial charge in [-0.1, -0.05) is 61.0 Å². The van der Waals surface area contributed by atoms with Crippen molar-refractivity contribution < 1.29 is 18.0 Å². The molecule has 0 aromatic heterocycles. The van der Waals surface area contributed by atoms with Crippen molar-refractivity contribution in [1.29, 1.82) is 0 Å². The minimum atomic E-state index is -3.77. The van der Waals surface area contributed by atoms with Gasteiger partial charge in [0.15, 0.2) is 0 Å². The number of nitrogens with one attached hydrogen (secondary N) is 1. The molecule has 0 fully saturated rings. The van der Waals surface area contributed by atoms with Gasteiger partial charge in [0.25, 0.3) is 0 Å². The number of carbonyl (C=O) groups is 2. The molecule has 0 bridgehead atoms. The zero-order valence-electron chi connectivity index (χ0n) is 22.4. The number of rotatable bonds is 8. The van der Waals surface area contributed by atoms with E-state index < -0.39 is 34.1 Å². The number of carbonyl (C=O) groups excluding carboxylic acids is 2. The quantitative estimate of drug-likeness (QED) is 0.484. The first-order valence-electron chi connectivity index (χ1n) is 11.8. The lowest BCUT2D eigenvalue weighted by Gasteiger charge is -2.33. The summed E-state index contributed by atoms with van der Waals surface area (Å²) in [6.07, 6.45) is 1.08. The van der Waals surface area contributed by atoms with Crippen molar-refractivity contribution in [3.63, 3.8) is 0 Å². The lowest BCUT2D eigenvalue weighted by Crippen LogP contribution is -2.54. The summed E-state index contributed by atoms with van der Waals surface area (Å²) < 4.78 is 27.4. The van der Waals surface area contributed by atoms with E-state index in [0.717, 1.165) is 26.2 Å². The second-order valence-corrected chi connectivity index (χ2v) is 14.0. The fourth-order valence-corrected chi connectivity index (χ4v) is 4.93. The van der Waals surface area contributed by atoms with E-state index in [9.17, 15) is 18.0 Å². The van der Waals surface area contributed by atoms with Crippen molar-refractivity contribution in [3.8, 4) is 0 Å². The Hall–Kier alpha value is -2.39. The standard InChI is InChI=1S/C27H38BrN3O4S/c1-19(25(33)29-27(5,6)7)30(17-20-10-9-11-22(28)16-20)24(32)18-31(36(8,34)35)23-14-12-21(13-15-23)26(2,3)4/h9-16,19H,17-18H2,1-8H3,(H,29,33)/t19-/m1/s1. The van der Waals surface area contributed by atoms with Gasteiger partial charge in [-0.2, -0.15) is 0 Å². The molecule has 1 N–H and O–H groups in total. The molecule has 36 heavy (non-hydrogen) atoms. The van der Waals surface area contributed by atoms with Gasteiger partial charge in [0.2, 0.25) is 21.8 Å². The minimum absolute atomic E-state index is 0.0964. The number of anilines is 1. The number of sulfonamides is 1. The van der Waals surface area contributed by atoms with Crippen molar-refractivity contribution in [1.82, 2.24) is 10.2 Å². The monoisotopic (exact) mass is 579 g/mol. The van der Waals surface area contributed by atoms with Gasteiger partial charge in [0.05, 0.1) is 11.9 Å². The summed E-state index contributed by atoms with van der Waals surface area (Å²) in [4.78, 5) is 28.0. The van der Waals surface area contributed by atoms with E-state index in [4.69, 9.17) is 0 Å². The predicted molar refractivity (Wildman–Crippen MR) is 149 cm³/mol. The summed E-state index contributed by atoms with van der Waals surface area (Å²) >= 11 is 3.44. The number of amides is 2. The van der Waals surface area contributed by atoms with Crippen LogP contribution in [-0.2, 0) is 31.6 Å². The fraction of sp³-hybridized carbons (Fsp3) is 0.481. The molecule has 0 aliphatic carbocycles. The molecule has 2 amide bonds. The topological polar surface area (TPSA) is 86.8 Å². The Morgan fingerprint density at radius 3 is 2.06 bits per heavy atom. The number of benzene rings is 2. The van der Waals surface area contributed by atoms with Crippen LogP contribution in [0.5, 0.6) is 0 Å². The zero-order chi connectivity index (χ0) is 27.5. The van der Waals surface area contributed by atoms with Gasteiger partial charge >= 0.3 is 0 Å². The first-order chi connectivity index (χ1) is 16.4. The van der Waals surface area contributed by atoms with Crippen LogP contribution in [0.4, 0.5) is 5.69 Å². The average molecular weight is 581 g/mol. The van der Waals surface area contributed by atoms with Crippen molar-refractivity contribution in [2.75, 3.05) is 17.1 Å². The zero-order valence-corrected chi connectivity index (χ0v) is 24.8. The van der Waals surface area contributed by atoms with Gasteiger partial charge in [-0.25, -0.2) is 8.42 Å².